The van der Waals surface area contributed by atoms with E-state index in [0.29, 0.717) is 22.7 Å². The Bertz CT molecular complexity index is 1140. The van der Waals surface area contributed by atoms with Crippen molar-refractivity contribution >= 4 is 17.5 Å². The predicted octanol–water partition coefficient (Wildman–Crippen LogP) is 5.12. The van der Waals surface area contributed by atoms with Gasteiger partial charge in [0, 0.05) is 22.7 Å². The van der Waals surface area contributed by atoms with E-state index in [1.54, 1.807) is 24.3 Å². The molecule has 0 bridgehead atoms. The van der Waals surface area contributed by atoms with Gasteiger partial charge in [-0.15, -0.1) is 0 Å². The molecule has 0 fully saturated rings. The largest absolute Gasteiger partial charge is 0.416 e. The predicted molar refractivity (Wildman–Crippen MR) is 112 cm³/mol. The highest BCUT2D eigenvalue weighted by Gasteiger charge is 2.32. The summed E-state index contributed by atoms with van der Waals surface area (Å²) in [4.78, 5) is 20.9. The molecule has 0 spiro atoms. The van der Waals surface area contributed by atoms with Gasteiger partial charge in [-0.1, -0.05) is 23.7 Å². The number of nitrogens with zero attached hydrogens (tertiary/aromatic N) is 2. The van der Waals surface area contributed by atoms with Crippen LogP contribution in [0.15, 0.2) is 48.5 Å². The average molecular weight is 468 g/mol. The topological polar surface area (TPSA) is 75.1 Å². The van der Waals surface area contributed by atoms with Crippen molar-refractivity contribution in [1.82, 2.24) is 15.3 Å². The number of aromatic nitrogens is 2. The number of amides is 1. The SMILES string of the molecule is CC(C)(O)CNC(=O)c1cc(-c2ccc(Cl)cc2)nc(-c2cc(F)cc(C(F)(F)F)c2)n1. The molecule has 5 nitrogen and oxygen atoms in total. The number of rotatable bonds is 5. The Morgan fingerprint density at radius 1 is 1.03 bits per heavy atom. The number of aliphatic hydroxyl groups is 1. The van der Waals surface area contributed by atoms with Crippen molar-refractivity contribution in [1.29, 1.82) is 0 Å². The molecule has 2 N–H and O–H groups in total. The lowest BCUT2D eigenvalue weighted by Gasteiger charge is -2.17. The van der Waals surface area contributed by atoms with Crippen molar-refractivity contribution in [2.45, 2.75) is 25.6 Å². The van der Waals surface area contributed by atoms with Crippen molar-refractivity contribution in [3.63, 3.8) is 0 Å². The van der Waals surface area contributed by atoms with Gasteiger partial charge in [-0.3, -0.25) is 4.79 Å². The molecule has 1 aromatic heterocycles. The third-order valence-corrected chi connectivity index (χ3v) is 4.52. The molecule has 32 heavy (non-hydrogen) atoms. The lowest BCUT2D eigenvalue weighted by molar-refractivity contribution is -0.137. The van der Waals surface area contributed by atoms with Crippen LogP contribution in [0.4, 0.5) is 17.6 Å². The third-order valence-electron chi connectivity index (χ3n) is 4.26. The molecule has 0 aliphatic carbocycles. The molecule has 0 aliphatic heterocycles. The summed E-state index contributed by atoms with van der Waals surface area (Å²) in [5.41, 5.74) is -2.08. The first-order chi connectivity index (χ1) is 14.8. The van der Waals surface area contributed by atoms with E-state index in [2.05, 4.69) is 15.3 Å². The fraction of sp³-hybridized carbons (Fsp3) is 0.227. The van der Waals surface area contributed by atoms with Crippen LogP contribution >= 0.6 is 11.6 Å². The van der Waals surface area contributed by atoms with Crippen LogP contribution in [-0.4, -0.2) is 33.1 Å². The van der Waals surface area contributed by atoms with E-state index in [1.807, 2.05) is 0 Å². The van der Waals surface area contributed by atoms with Crippen LogP contribution in [0.25, 0.3) is 22.6 Å². The fourth-order valence-electron chi connectivity index (χ4n) is 2.73. The molecule has 3 rings (SSSR count). The van der Waals surface area contributed by atoms with Gasteiger partial charge in [0.2, 0.25) is 0 Å². The number of nitrogens with one attached hydrogen (secondary N) is 1. The van der Waals surface area contributed by atoms with Crippen LogP contribution in [0.3, 0.4) is 0 Å². The van der Waals surface area contributed by atoms with E-state index in [4.69, 9.17) is 11.6 Å². The number of benzene rings is 2. The zero-order valence-electron chi connectivity index (χ0n) is 17.0. The van der Waals surface area contributed by atoms with Gasteiger partial charge >= 0.3 is 6.18 Å². The van der Waals surface area contributed by atoms with Gasteiger partial charge in [-0.2, -0.15) is 13.2 Å². The molecule has 0 saturated carbocycles. The molecular weight excluding hydrogens is 450 g/mol. The number of halogens is 5. The Morgan fingerprint density at radius 3 is 2.28 bits per heavy atom. The average Bonchev–Trinajstić information content (AvgIpc) is 2.70. The zero-order chi connectivity index (χ0) is 23.7. The minimum atomic E-state index is -4.78. The third kappa shape index (κ3) is 6.02. The Labute approximate surface area is 186 Å². The Hall–Kier alpha value is -3.04. The summed E-state index contributed by atoms with van der Waals surface area (Å²) in [5, 5.41) is 12.8. The minimum absolute atomic E-state index is 0.0976. The Balaban J connectivity index is 2.13. The smallest absolute Gasteiger partial charge is 0.389 e. The monoisotopic (exact) mass is 467 g/mol. The van der Waals surface area contributed by atoms with E-state index in [1.165, 1.54) is 19.9 Å². The molecule has 10 heteroatoms. The van der Waals surface area contributed by atoms with Gasteiger partial charge in [0.25, 0.3) is 5.91 Å². The normalized spacial score (nSPS) is 12.0. The highest BCUT2D eigenvalue weighted by atomic mass is 35.5. The van der Waals surface area contributed by atoms with E-state index in [0.717, 1.165) is 6.07 Å². The molecule has 3 aromatic rings. The summed E-state index contributed by atoms with van der Waals surface area (Å²) in [6, 6.07) is 9.66. The number of hydrogen-bond donors (Lipinski definition) is 2. The second kappa shape index (κ2) is 8.84. The maximum Gasteiger partial charge on any atom is 0.416 e. The van der Waals surface area contributed by atoms with Crippen molar-refractivity contribution < 1.29 is 27.5 Å². The molecule has 0 radical (unpaired) electrons. The number of alkyl halides is 3. The van der Waals surface area contributed by atoms with Gasteiger partial charge in [0.05, 0.1) is 16.9 Å². The molecular formula is C22H18ClF4N3O2. The number of carbonyl (C=O) groups excluding carboxylic acids is 1. The molecule has 0 saturated heterocycles. The molecule has 0 aliphatic rings. The van der Waals surface area contributed by atoms with Crippen molar-refractivity contribution in [2.75, 3.05) is 6.54 Å². The van der Waals surface area contributed by atoms with Gasteiger partial charge in [-0.05, 0) is 50.2 Å². The highest BCUT2D eigenvalue weighted by molar-refractivity contribution is 6.30. The van der Waals surface area contributed by atoms with Gasteiger partial charge in [-0.25, -0.2) is 14.4 Å². The summed E-state index contributed by atoms with van der Waals surface area (Å²) in [5.74, 6) is -2.07. The van der Waals surface area contributed by atoms with Gasteiger partial charge in [0.15, 0.2) is 5.82 Å². The highest BCUT2D eigenvalue weighted by Crippen LogP contribution is 2.33. The van der Waals surface area contributed by atoms with Crippen LogP contribution in [0.2, 0.25) is 5.02 Å². The Kier molecular flexibility index (Phi) is 6.52. The first-order valence-corrected chi connectivity index (χ1v) is 9.73. The summed E-state index contributed by atoms with van der Waals surface area (Å²) in [7, 11) is 0. The van der Waals surface area contributed by atoms with Crippen LogP contribution < -0.4 is 5.32 Å². The molecule has 0 atom stereocenters. The second-order valence-electron chi connectivity index (χ2n) is 7.69. The van der Waals surface area contributed by atoms with E-state index in [9.17, 15) is 27.5 Å². The summed E-state index contributed by atoms with van der Waals surface area (Å²) in [6.07, 6.45) is -4.78. The summed E-state index contributed by atoms with van der Waals surface area (Å²) < 4.78 is 53.4. The van der Waals surface area contributed by atoms with Crippen LogP contribution in [0, 0.1) is 5.82 Å². The first kappa shape index (κ1) is 23.6. The van der Waals surface area contributed by atoms with Crippen LogP contribution in [0.5, 0.6) is 0 Å². The lowest BCUT2D eigenvalue weighted by atomic mass is 10.1. The fourth-order valence-corrected chi connectivity index (χ4v) is 2.86. The molecule has 168 valence electrons. The Morgan fingerprint density at radius 2 is 1.69 bits per heavy atom. The van der Waals surface area contributed by atoms with Crippen molar-refractivity contribution in [3.8, 4) is 22.6 Å². The van der Waals surface area contributed by atoms with Crippen molar-refractivity contribution in [3.05, 3.63) is 70.6 Å². The van der Waals surface area contributed by atoms with Crippen molar-refractivity contribution in [2.24, 2.45) is 0 Å². The molecule has 2 aromatic carbocycles. The first-order valence-electron chi connectivity index (χ1n) is 9.35. The van der Waals surface area contributed by atoms with E-state index >= 15 is 0 Å². The van der Waals surface area contributed by atoms with E-state index in [-0.39, 0.29) is 29.3 Å². The minimum Gasteiger partial charge on any atom is -0.389 e. The van der Waals surface area contributed by atoms with E-state index < -0.39 is 29.1 Å². The molecule has 1 heterocycles. The lowest BCUT2D eigenvalue weighted by Crippen LogP contribution is -2.38. The summed E-state index contributed by atoms with van der Waals surface area (Å²) >= 11 is 5.90. The second-order valence-corrected chi connectivity index (χ2v) is 8.13. The van der Waals surface area contributed by atoms with Crippen LogP contribution in [0.1, 0.15) is 29.9 Å². The number of carbonyl (C=O) groups is 1. The van der Waals surface area contributed by atoms with Gasteiger partial charge in [0.1, 0.15) is 11.5 Å². The molecule has 1 amide bonds. The summed E-state index contributed by atoms with van der Waals surface area (Å²) in [6.45, 7) is 2.88. The zero-order valence-corrected chi connectivity index (χ0v) is 17.7. The standard InChI is InChI=1S/C22H18ClF4N3O2/c1-21(2,32)11-28-20(31)18-10-17(12-3-5-15(23)6-4-12)29-19(30-18)13-7-14(22(25,26)27)9-16(24)8-13/h3-10,32H,11H2,1-2H3,(H,28,31). The van der Waals surface area contributed by atoms with Gasteiger partial charge < -0.3 is 10.4 Å². The molecule has 0 unspecified atom stereocenters. The number of hydrogen-bond acceptors (Lipinski definition) is 4. The maximum atomic E-state index is 13.9. The van der Waals surface area contributed by atoms with Crippen LogP contribution in [-0.2, 0) is 6.18 Å². The maximum absolute atomic E-state index is 13.9. The quantitative estimate of drug-likeness (QED) is 0.511.